The molecule has 0 saturated heterocycles. The fourth-order valence-corrected chi connectivity index (χ4v) is 3.47. The van der Waals surface area contributed by atoms with Gasteiger partial charge in [-0.2, -0.15) is 0 Å². The molecular weight excluding hydrogens is 278 g/mol. The number of para-hydroxylation sites is 1. The molecule has 2 aromatic carbocycles. The number of rotatable bonds is 1. The second-order valence-corrected chi connectivity index (χ2v) is 5.95. The summed E-state index contributed by atoms with van der Waals surface area (Å²) in [5.41, 5.74) is 2.55. The first kappa shape index (κ1) is 12.4. The molecular formula is C18H11NOS. The molecule has 2 nitrogen and oxygen atoms in total. The number of hydrogen-bond acceptors (Lipinski definition) is 3. The van der Waals surface area contributed by atoms with Gasteiger partial charge >= 0.3 is 0 Å². The van der Waals surface area contributed by atoms with Crippen molar-refractivity contribution in [2.75, 3.05) is 0 Å². The molecule has 1 aliphatic heterocycles. The van der Waals surface area contributed by atoms with Crippen LogP contribution in [0.3, 0.4) is 0 Å². The lowest BCUT2D eigenvalue weighted by molar-refractivity contribution is 0.104. The molecule has 2 heterocycles. The van der Waals surface area contributed by atoms with E-state index >= 15 is 0 Å². The van der Waals surface area contributed by atoms with Crippen molar-refractivity contribution in [1.82, 2.24) is 4.98 Å². The summed E-state index contributed by atoms with van der Waals surface area (Å²) >= 11 is 1.52. The van der Waals surface area contributed by atoms with Crippen LogP contribution in [0, 0.1) is 0 Å². The summed E-state index contributed by atoms with van der Waals surface area (Å²) in [7, 11) is 0. The van der Waals surface area contributed by atoms with Crippen LogP contribution in [0.25, 0.3) is 17.0 Å². The van der Waals surface area contributed by atoms with E-state index in [1.165, 1.54) is 11.8 Å². The third-order valence-electron chi connectivity index (χ3n) is 3.47. The number of aromatic nitrogens is 1. The van der Waals surface area contributed by atoms with E-state index in [1.54, 1.807) is 0 Å². The number of carbonyl (C=O) groups is 1. The van der Waals surface area contributed by atoms with E-state index < -0.39 is 0 Å². The monoisotopic (exact) mass is 289 g/mol. The summed E-state index contributed by atoms with van der Waals surface area (Å²) in [5.74, 6) is 0.0885. The summed E-state index contributed by atoms with van der Waals surface area (Å²) in [4.78, 5) is 18.7. The Morgan fingerprint density at radius 2 is 1.71 bits per heavy atom. The molecule has 0 saturated carbocycles. The van der Waals surface area contributed by atoms with Crippen LogP contribution in [0.5, 0.6) is 0 Å². The van der Waals surface area contributed by atoms with Crippen molar-refractivity contribution in [3.63, 3.8) is 0 Å². The Morgan fingerprint density at radius 3 is 2.62 bits per heavy atom. The molecule has 0 N–H and O–H groups in total. The highest BCUT2D eigenvalue weighted by molar-refractivity contribution is 8.04. The number of allylic oxidation sites excluding steroid dienone is 1. The Bertz CT molecular complexity index is 898. The van der Waals surface area contributed by atoms with Crippen LogP contribution in [0.15, 0.2) is 70.5 Å². The average molecular weight is 289 g/mol. The highest BCUT2D eigenvalue weighted by Crippen LogP contribution is 2.40. The second kappa shape index (κ2) is 4.86. The first-order chi connectivity index (χ1) is 10.3. The SMILES string of the molecule is O=C1/C(=C/c2ccc3ccccc3n2)Sc2ccccc21. The fraction of sp³-hybridized carbons (Fsp3) is 0. The summed E-state index contributed by atoms with van der Waals surface area (Å²) in [6, 6.07) is 19.7. The van der Waals surface area contributed by atoms with E-state index in [-0.39, 0.29) is 5.78 Å². The largest absolute Gasteiger partial charge is 0.288 e. The van der Waals surface area contributed by atoms with E-state index in [0.717, 1.165) is 32.0 Å². The van der Waals surface area contributed by atoms with Crippen LogP contribution in [0.2, 0.25) is 0 Å². The number of nitrogens with zero attached hydrogens (tertiary/aromatic N) is 1. The molecule has 3 heteroatoms. The quantitative estimate of drug-likeness (QED) is 0.615. The summed E-state index contributed by atoms with van der Waals surface area (Å²) in [6.07, 6.45) is 1.87. The number of carbonyl (C=O) groups excluding carboxylic acids is 1. The lowest BCUT2D eigenvalue weighted by atomic mass is 10.1. The molecule has 3 aromatic rings. The van der Waals surface area contributed by atoms with Crippen molar-refractivity contribution in [2.24, 2.45) is 0 Å². The van der Waals surface area contributed by atoms with Gasteiger partial charge in [-0.25, -0.2) is 4.98 Å². The maximum absolute atomic E-state index is 12.3. The average Bonchev–Trinajstić information content (AvgIpc) is 2.84. The zero-order chi connectivity index (χ0) is 14.2. The number of pyridine rings is 1. The normalized spacial score (nSPS) is 15.6. The predicted octanol–water partition coefficient (Wildman–Crippen LogP) is 4.56. The van der Waals surface area contributed by atoms with Gasteiger partial charge in [0.05, 0.1) is 16.1 Å². The highest BCUT2D eigenvalue weighted by atomic mass is 32.2. The first-order valence-electron chi connectivity index (χ1n) is 6.70. The molecule has 1 aromatic heterocycles. The van der Waals surface area contributed by atoms with Gasteiger partial charge < -0.3 is 0 Å². The zero-order valence-electron chi connectivity index (χ0n) is 11.1. The molecule has 0 spiro atoms. The van der Waals surface area contributed by atoms with Crippen molar-refractivity contribution in [3.05, 3.63) is 76.8 Å². The Labute approximate surface area is 126 Å². The van der Waals surface area contributed by atoms with Crippen LogP contribution < -0.4 is 0 Å². The first-order valence-corrected chi connectivity index (χ1v) is 7.52. The van der Waals surface area contributed by atoms with Crippen molar-refractivity contribution in [3.8, 4) is 0 Å². The van der Waals surface area contributed by atoms with Gasteiger partial charge in [-0.15, -0.1) is 0 Å². The highest BCUT2D eigenvalue weighted by Gasteiger charge is 2.25. The third-order valence-corrected chi connectivity index (χ3v) is 4.57. The van der Waals surface area contributed by atoms with Gasteiger partial charge in [0.25, 0.3) is 0 Å². The molecule has 21 heavy (non-hydrogen) atoms. The minimum absolute atomic E-state index is 0.0885. The van der Waals surface area contributed by atoms with Crippen LogP contribution in [0.1, 0.15) is 16.1 Å². The maximum atomic E-state index is 12.3. The van der Waals surface area contributed by atoms with Crippen molar-refractivity contribution in [1.29, 1.82) is 0 Å². The predicted molar refractivity (Wildman–Crippen MR) is 86.3 cm³/mol. The van der Waals surface area contributed by atoms with Crippen LogP contribution in [0.4, 0.5) is 0 Å². The number of ketones is 1. The molecule has 0 unspecified atom stereocenters. The van der Waals surface area contributed by atoms with Gasteiger partial charge in [-0.1, -0.05) is 48.2 Å². The molecule has 100 valence electrons. The number of Topliss-reactive ketones (excluding diaryl/α,β-unsaturated/α-hetero) is 1. The minimum Gasteiger partial charge on any atom is -0.288 e. The molecule has 1 aliphatic rings. The standard InChI is InChI=1S/C18H11NOS/c20-18-14-6-2-4-8-16(14)21-17(18)11-13-10-9-12-5-1-3-7-15(12)19-13/h1-11H/b17-11-. The number of thioether (sulfide) groups is 1. The van der Waals surface area contributed by atoms with Crippen molar-refractivity contribution >= 4 is 34.5 Å². The van der Waals surface area contributed by atoms with Crippen molar-refractivity contribution < 1.29 is 4.79 Å². The molecule has 0 bridgehead atoms. The van der Waals surface area contributed by atoms with Gasteiger partial charge in [0.15, 0.2) is 0 Å². The van der Waals surface area contributed by atoms with E-state index in [9.17, 15) is 4.79 Å². The van der Waals surface area contributed by atoms with E-state index in [0.29, 0.717) is 0 Å². The van der Waals surface area contributed by atoms with Gasteiger partial charge in [-0.3, -0.25) is 4.79 Å². The van der Waals surface area contributed by atoms with Crippen LogP contribution in [-0.2, 0) is 0 Å². The molecule has 4 rings (SSSR count). The van der Waals surface area contributed by atoms with Gasteiger partial charge in [-0.05, 0) is 30.3 Å². The molecule has 0 aliphatic carbocycles. The smallest absolute Gasteiger partial charge is 0.200 e. The number of benzene rings is 2. The lowest BCUT2D eigenvalue weighted by Crippen LogP contribution is -1.94. The Morgan fingerprint density at radius 1 is 0.905 bits per heavy atom. The third kappa shape index (κ3) is 2.16. The fourth-order valence-electron chi connectivity index (χ4n) is 2.43. The Kier molecular flexibility index (Phi) is 2.86. The minimum atomic E-state index is 0.0885. The summed E-state index contributed by atoms with van der Waals surface area (Å²) < 4.78 is 0. The second-order valence-electron chi connectivity index (χ2n) is 4.86. The van der Waals surface area contributed by atoms with Crippen LogP contribution in [-0.4, -0.2) is 10.8 Å². The van der Waals surface area contributed by atoms with Gasteiger partial charge in [0.1, 0.15) is 0 Å². The Hall–Kier alpha value is -2.39. The van der Waals surface area contributed by atoms with E-state index in [4.69, 9.17) is 0 Å². The number of hydrogen-bond donors (Lipinski definition) is 0. The molecule has 0 atom stereocenters. The molecule has 0 fully saturated rings. The summed E-state index contributed by atoms with van der Waals surface area (Å²) in [6.45, 7) is 0. The summed E-state index contributed by atoms with van der Waals surface area (Å²) in [5, 5.41) is 1.10. The maximum Gasteiger partial charge on any atom is 0.200 e. The lowest BCUT2D eigenvalue weighted by Gasteiger charge is -1.99. The Balaban J connectivity index is 1.76. The van der Waals surface area contributed by atoms with Crippen LogP contribution >= 0.6 is 11.8 Å². The van der Waals surface area contributed by atoms with E-state index in [1.807, 2.05) is 66.7 Å². The molecule has 0 radical (unpaired) electrons. The van der Waals surface area contributed by atoms with Crippen molar-refractivity contribution in [2.45, 2.75) is 4.90 Å². The topological polar surface area (TPSA) is 30.0 Å². The zero-order valence-corrected chi connectivity index (χ0v) is 11.9. The van der Waals surface area contributed by atoms with E-state index in [2.05, 4.69) is 4.98 Å². The number of fused-ring (bicyclic) bond motifs is 2. The molecule has 0 amide bonds. The van der Waals surface area contributed by atoms with Gasteiger partial charge in [0, 0.05) is 15.8 Å². The van der Waals surface area contributed by atoms with Gasteiger partial charge in [0.2, 0.25) is 5.78 Å².